The zero-order valence-electron chi connectivity index (χ0n) is 29.0. The van der Waals surface area contributed by atoms with Crippen LogP contribution in [0.3, 0.4) is 0 Å². The predicted octanol–water partition coefficient (Wildman–Crippen LogP) is 5.52. The molecule has 1 aliphatic carbocycles. The minimum Gasteiger partial charge on any atom is -0.475 e. The van der Waals surface area contributed by atoms with Crippen molar-refractivity contribution >= 4 is 50.1 Å². The van der Waals surface area contributed by atoms with Gasteiger partial charge in [0, 0.05) is 36.2 Å². The molecule has 52 heavy (non-hydrogen) atoms. The number of benzene rings is 3. The van der Waals surface area contributed by atoms with Crippen LogP contribution in [0, 0.1) is 5.82 Å². The Kier molecular flexibility index (Phi) is 12.6. The second-order valence-corrected chi connectivity index (χ2v) is 14.5. The van der Waals surface area contributed by atoms with Crippen LogP contribution in [0.1, 0.15) is 69.9 Å². The van der Waals surface area contributed by atoms with Crippen LogP contribution in [0.15, 0.2) is 65.1 Å². The van der Waals surface area contributed by atoms with Crippen molar-refractivity contribution in [1.29, 1.82) is 0 Å². The van der Waals surface area contributed by atoms with Gasteiger partial charge in [-0.2, -0.15) is 0 Å². The van der Waals surface area contributed by atoms with E-state index < -0.39 is 39.8 Å². The molecule has 0 atom stereocenters. The SMILES string of the molecule is CNC(=O)c1c(-c2ccc(F)cc2)oc2cc(N(CCOCCOCCCCc3cccc(C(=O)CC(=O)C(=O)O)c3)S(C)(=O)=O)c(C3CC3)cc12. The number of aliphatic carboxylic acids is 1. The molecule has 3 aromatic carbocycles. The molecule has 5 rings (SSSR count). The highest BCUT2D eigenvalue weighted by Gasteiger charge is 2.33. The Labute approximate surface area is 300 Å². The third kappa shape index (κ3) is 9.69. The van der Waals surface area contributed by atoms with Crippen LogP contribution in [-0.4, -0.2) is 83.2 Å². The summed E-state index contributed by atoms with van der Waals surface area (Å²) < 4.78 is 58.8. The molecular formula is C38H41FN2O10S. The summed E-state index contributed by atoms with van der Waals surface area (Å²) in [5.74, 6) is -3.73. The molecule has 0 spiro atoms. The fraction of sp³-hybridized carbons (Fsp3) is 0.368. The van der Waals surface area contributed by atoms with Crippen molar-refractivity contribution in [3.63, 3.8) is 0 Å². The van der Waals surface area contributed by atoms with E-state index in [1.807, 2.05) is 12.1 Å². The van der Waals surface area contributed by atoms with Crippen molar-refractivity contribution in [2.24, 2.45) is 0 Å². The summed E-state index contributed by atoms with van der Waals surface area (Å²) >= 11 is 0. The van der Waals surface area contributed by atoms with Gasteiger partial charge in [0.15, 0.2) is 5.78 Å². The molecule has 0 radical (unpaired) electrons. The van der Waals surface area contributed by atoms with Crippen LogP contribution in [0.4, 0.5) is 10.1 Å². The Bertz CT molecular complexity index is 2060. The van der Waals surface area contributed by atoms with E-state index >= 15 is 0 Å². The topological polar surface area (TPSA) is 170 Å². The van der Waals surface area contributed by atoms with Gasteiger partial charge in [0.1, 0.15) is 17.2 Å². The molecule has 1 heterocycles. The van der Waals surface area contributed by atoms with Crippen LogP contribution < -0.4 is 9.62 Å². The molecule has 1 aliphatic rings. The number of ether oxygens (including phenoxy) is 2. The van der Waals surface area contributed by atoms with Gasteiger partial charge in [-0.05, 0) is 85.5 Å². The number of rotatable bonds is 20. The van der Waals surface area contributed by atoms with Gasteiger partial charge in [0.25, 0.3) is 5.91 Å². The summed E-state index contributed by atoms with van der Waals surface area (Å²) in [6, 6.07) is 15.9. The number of hydrogen-bond donors (Lipinski definition) is 2. The summed E-state index contributed by atoms with van der Waals surface area (Å²) in [6.07, 6.45) is 4.40. The molecule has 1 amide bonds. The molecule has 1 fully saturated rings. The number of aryl methyl sites for hydroxylation is 1. The molecule has 1 saturated carbocycles. The van der Waals surface area contributed by atoms with Crippen LogP contribution >= 0.6 is 0 Å². The van der Waals surface area contributed by atoms with E-state index in [1.54, 1.807) is 24.3 Å². The lowest BCUT2D eigenvalue weighted by Gasteiger charge is -2.25. The standard InChI is InChI=1S/C38H41FN2O10S/c1-40-37(44)35-30-21-29(25-9-10-25)31(22-34(30)51-36(35)26-11-13-28(39)14-12-26)41(52(2,47)48)15-17-50-19-18-49-16-4-3-6-24-7-5-8-27(20-24)32(42)23-33(43)38(45)46/h5,7-8,11-14,20-22,25H,3-4,6,9-10,15-19,23H2,1-2H3,(H,40,44)(H,45,46). The van der Waals surface area contributed by atoms with Gasteiger partial charge >= 0.3 is 5.97 Å². The number of nitrogens with one attached hydrogen (secondary N) is 1. The maximum atomic E-state index is 13.7. The van der Waals surface area contributed by atoms with E-state index in [0.717, 1.165) is 43.1 Å². The molecule has 1 aromatic heterocycles. The normalized spacial score (nSPS) is 12.9. The zero-order valence-corrected chi connectivity index (χ0v) is 29.8. The third-order valence-electron chi connectivity index (χ3n) is 8.71. The third-order valence-corrected chi connectivity index (χ3v) is 9.89. The fourth-order valence-electron chi connectivity index (χ4n) is 5.93. The predicted molar refractivity (Wildman–Crippen MR) is 192 cm³/mol. The number of carbonyl (C=O) groups excluding carboxylic acids is 3. The van der Waals surface area contributed by atoms with Gasteiger partial charge in [-0.15, -0.1) is 0 Å². The molecule has 0 unspecified atom stereocenters. The summed E-state index contributed by atoms with van der Waals surface area (Å²) in [7, 11) is -2.23. The molecule has 4 aromatic rings. The number of fused-ring (bicyclic) bond motifs is 1. The lowest BCUT2D eigenvalue weighted by Crippen LogP contribution is -2.34. The van der Waals surface area contributed by atoms with Crippen LogP contribution in [-0.2, 0) is 35.5 Å². The average Bonchev–Trinajstić information content (AvgIpc) is 3.89. The van der Waals surface area contributed by atoms with Crippen molar-refractivity contribution in [2.45, 2.75) is 44.4 Å². The van der Waals surface area contributed by atoms with Gasteiger partial charge in [0.2, 0.25) is 15.8 Å². The maximum absolute atomic E-state index is 13.7. The zero-order chi connectivity index (χ0) is 37.4. The Morgan fingerprint density at radius 3 is 2.33 bits per heavy atom. The molecule has 2 N–H and O–H groups in total. The van der Waals surface area contributed by atoms with E-state index in [-0.39, 0.29) is 37.3 Å². The fourth-order valence-corrected chi connectivity index (χ4v) is 6.85. The van der Waals surface area contributed by atoms with Gasteiger partial charge in [-0.25, -0.2) is 17.6 Å². The maximum Gasteiger partial charge on any atom is 0.372 e. The number of furan rings is 1. The van der Waals surface area contributed by atoms with E-state index in [0.29, 0.717) is 53.0 Å². The highest BCUT2D eigenvalue weighted by atomic mass is 32.2. The first-order valence-corrected chi connectivity index (χ1v) is 18.8. The van der Waals surface area contributed by atoms with Crippen molar-refractivity contribution in [3.05, 3.63) is 88.7 Å². The first-order valence-electron chi connectivity index (χ1n) is 17.0. The molecule has 0 bridgehead atoms. The molecule has 0 saturated heterocycles. The van der Waals surface area contributed by atoms with Crippen molar-refractivity contribution in [3.8, 4) is 11.3 Å². The second-order valence-electron chi connectivity index (χ2n) is 12.6. The van der Waals surface area contributed by atoms with E-state index in [1.165, 1.54) is 35.6 Å². The van der Waals surface area contributed by atoms with Crippen molar-refractivity contribution in [1.82, 2.24) is 5.32 Å². The number of nitrogens with zero attached hydrogens (tertiary/aromatic N) is 1. The Balaban J connectivity index is 1.15. The highest BCUT2D eigenvalue weighted by Crippen LogP contribution is 2.48. The van der Waals surface area contributed by atoms with Crippen LogP contribution in [0.2, 0.25) is 0 Å². The molecule has 14 heteroatoms. The minimum absolute atomic E-state index is 0.0456. The van der Waals surface area contributed by atoms with Crippen molar-refractivity contribution in [2.75, 3.05) is 50.6 Å². The number of hydrogen-bond acceptors (Lipinski definition) is 9. The van der Waals surface area contributed by atoms with Gasteiger partial charge in [0.05, 0.1) is 50.3 Å². The number of carboxylic acid groups (broad SMARTS) is 1. The number of Topliss-reactive ketones (excluding diaryl/α,β-unsaturated/α-hetero) is 2. The number of carbonyl (C=O) groups is 4. The Morgan fingerprint density at radius 2 is 1.67 bits per heavy atom. The minimum atomic E-state index is -3.74. The van der Waals surface area contributed by atoms with Crippen molar-refractivity contribution < 1.29 is 51.0 Å². The first-order chi connectivity index (χ1) is 24.9. The van der Waals surface area contributed by atoms with E-state index in [4.69, 9.17) is 19.0 Å². The van der Waals surface area contributed by atoms with E-state index in [2.05, 4.69) is 5.32 Å². The number of amides is 1. The number of unbranched alkanes of at least 4 members (excludes halogenated alkanes) is 1. The summed E-state index contributed by atoms with van der Waals surface area (Å²) in [5.41, 5.74) is 3.58. The average molecular weight is 737 g/mol. The Morgan fingerprint density at radius 1 is 0.962 bits per heavy atom. The quantitative estimate of drug-likeness (QED) is 0.0510. The van der Waals surface area contributed by atoms with E-state index in [9.17, 15) is 32.0 Å². The summed E-state index contributed by atoms with van der Waals surface area (Å²) in [5, 5.41) is 11.9. The van der Waals surface area contributed by atoms with Gasteiger partial charge < -0.3 is 24.3 Å². The van der Waals surface area contributed by atoms with Crippen LogP contribution in [0.25, 0.3) is 22.3 Å². The first kappa shape index (κ1) is 38.3. The molecule has 12 nitrogen and oxygen atoms in total. The number of anilines is 1. The van der Waals surface area contributed by atoms with Gasteiger partial charge in [-0.3, -0.25) is 18.7 Å². The molecular weight excluding hydrogens is 695 g/mol. The lowest BCUT2D eigenvalue weighted by atomic mass is 10.0. The number of carboxylic acids is 1. The Hall–Kier alpha value is -4.92. The molecule has 276 valence electrons. The smallest absolute Gasteiger partial charge is 0.372 e. The largest absolute Gasteiger partial charge is 0.475 e. The monoisotopic (exact) mass is 736 g/mol. The lowest BCUT2D eigenvalue weighted by molar-refractivity contribution is -0.148. The summed E-state index contributed by atoms with van der Waals surface area (Å²) in [6.45, 7) is 1.18. The van der Waals surface area contributed by atoms with Gasteiger partial charge in [-0.1, -0.05) is 18.2 Å². The highest BCUT2D eigenvalue weighted by molar-refractivity contribution is 7.92. The second kappa shape index (κ2) is 17.1. The molecule has 0 aliphatic heterocycles. The number of halogens is 1. The summed E-state index contributed by atoms with van der Waals surface area (Å²) in [4.78, 5) is 47.3. The number of ketones is 2. The number of sulfonamides is 1. The van der Waals surface area contributed by atoms with Crippen LogP contribution in [0.5, 0.6) is 0 Å².